The molecule has 1 aromatic rings. The molecule has 0 saturated carbocycles. The molecule has 1 aromatic heterocycles. The van der Waals surface area contributed by atoms with E-state index >= 15 is 0 Å². The van der Waals surface area contributed by atoms with Crippen molar-refractivity contribution in [2.75, 3.05) is 25.6 Å². The molecule has 1 heterocycles. The number of amides is 1. The van der Waals surface area contributed by atoms with Crippen LogP contribution in [-0.4, -0.2) is 37.3 Å². The highest BCUT2D eigenvalue weighted by Gasteiger charge is 2.13. The maximum atomic E-state index is 11.5. The summed E-state index contributed by atoms with van der Waals surface area (Å²) in [5, 5.41) is 2.63. The van der Waals surface area contributed by atoms with Crippen molar-refractivity contribution in [1.82, 2.24) is 4.98 Å². The molecule has 0 aromatic carbocycles. The number of nitrogens with one attached hydrogen (secondary N) is 1. The van der Waals surface area contributed by atoms with E-state index in [2.05, 4.69) is 10.3 Å². The van der Waals surface area contributed by atoms with Gasteiger partial charge in [0.15, 0.2) is 0 Å². The molecule has 94 valence electrons. The summed E-state index contributed by atoms with van der Waals surface area (Å²) in [7, 11) is 1.49. The highest BCUT2D eigenvalue weighted by atomic mass is 16.5. The topological polar surface area (TPSA) is 86.5 Å². The summed E-state index contributed by atoms with van der Waals surface area (Å²) in [6.45, 7) is 2.61. The molecule has 0 fully saturated rings. The Bertz CT molecular complexity index is 353. The number of aromatic nitrogens is 1. The number of nitrogens with two attached hydrogens (primary N) is 1. The second-order valence-corrected chi connectivity index (χ2v) is 3.37. The van der Waals surface area contributed by atoms with E-state index in [0.29, 0.717) is 18.2 Å². The third kappa shape index (κ3) is 4.38. The maximum Gasteiger partial charge on any atom is 0.243 e. The fourth-order valence-corrected chi connectivity index (χ4v) is 1.18. The minimum absolute atomic E-state index is 0.177. The van der Waals surface area contributed by atoms with Crippen LogP contribution in [-0.2, 0) is 9.53 Å². The van der Waals surface area contributed by atoms with Crippen LogP contribution in [0.15, 0.2) is 18.3 Å². The van der Waals surface area contributed by atoms with E-state index in [1.165, 1.54) is 13.3 Å². The maximum absolute atomic E-state index is 11.5. The Balaban J connectivity index is 2.53. The van der Waals surface area contributed by atoms with Crippen molar-refractivity contribution in [2.24, 2.45) is 5.73 Å². The van der Waals surface area contributed by atoms with Gasteiger partial charge in [-0.25, -0.2) is 4.98 Å². The van der Waals surface area contributed by atoms with Crippen molar-refractivity contribution in [3.63, 3.8) is 0 Å². The Hall–Kier alpha value is -1.66. The lowest BCUT2D eigenvalue weighted by molar-refractivity contribution is -0.118. The molecule has 0 aliphatic heterocycles. The number of hydrogen-bond acceptors (Lipinski definition) is 5. The van der Waals surface area contributed by atoms with Crippen molar-refractivity contribution in [1.29, 1.82) is 0 Å². The van der Waals surface area contributed by atoms with E-state index in [1.54, 1.807) is 12.1 Å². The summed E-state index contributed by atoms with van der Waals surface area (Å²) >= 11 is 0. The lowest BCUT2D eigenvalue weighted by Gasteiger charge is -2.11. The van der Waals surface area contributed by atoms with Crippen LogP contribution in [0.1, 0.15) is 6.92 Å². The molecule has 0 saturated heterocycles. The van der Waals surface area contributed by atoms with Gasteiger partial charge in [0.1, 0.15) is 6.04 Å². The van der Waals surface area contributed by atoms with E-state index in [0.717, 1.165) is 0 Å². The molecule has 1 atom stereocenters. The largest absolute Gasteiger partial charge is 0.478 e. The third-order valence-corrected chi connectivity index (χ3v) is 1.98. The lowest BCUT2D eigenvalue weighted by atomic mass is 10.3. The first-order valence-corrected chi connectivity index (χ1v) is 5.31. The van der Waals surface area contributed by atoms with Crippen molar-refractivity contribution in [3.8, 4) is 5.88 Å². The zero-order chi connectivity index (χ0) is 12.7. The molecule has 1 rings (SSSR count). The van der Waals surface area contributed by atoms with Crippen LogP contribution in [0.5, 0.6) is 5.88 Å². The van der Waals surface area contributed by atoms with Crippen molar-refractivity contribution in [3.05, 3.63) is 18.3 Å². The van der Waals surface area contributed by atoms with E-state index in [1.807, 2.05) is 6.92 Å². The third-order valence-electron chi connectivity index (χ3n) is 1.98. The second-order valence-electron chi connectivity index (χ2n) is 3.37. The summed E-state index contributed by atoms with van der Waals surface area (Å²) in [5.41, 5.74) is 6.15. The summed E-state index contributed by atoms with van der Waals surface area (Å²) in [4.78, 5) is 15.6. The Morgan fingerprint density at radius 2 is 2.35 bits per heavy atom. The number of anilines is 1. The van der Waals surface area contributed by atoms with Crippen LogP contribution < -0.4 is 15.8 Å². The van der Waals surface area contributed by atoms with Gasteiger partial charge in [-0.2, -0.15) is 0 Å². The van der Waals surface area contributed by atoms with Crippen LogP contribution in [0.25, 0.3) is 0 Å². The van der Waals surface area contributed by atoms with Crippen LogP contribution in [0.4, 0.5) is 5.69 Å². The van der Waals surface area contributed by atoms with Crippen molar-refractivity contribution in [2.45, 2.75) is 13.0 Å². The second kappa shape index (κ2) is 6.82. The first kappa shape index (κ1) is 13.4. The number of ether oxygens (including phenoxy) is 2. The minimum Gasteiger partial charge on any atom is -0.478 e. The van der Waals surface area contributed by atoms with Gasteiger partial charge in [-0.3, -0.25) is 4.79 Å². The molecule has 1 unspecified atom stereocenters. The van der Waals surface area contributed by atoms with Gasteiger partial charge in [0.2, 0.25) is 11.8 Å². The number of carbonyl (C=O) groups is 1. The molecule has 6 heteroatoms. The van der Waals surface area contributed by atoms with Gasteiger partial charge < -0.3 is 20.5 Å². The molecule has 17 heavy (non-hydrogen) atoms. The van der Waals surface area contributed by atoms with Crippen molar-refractivity contribution < 1.29 is 14.3 Å². The summed E-state index contributed by atoms with van der Waals surface area (Å²) in [5.74, 6) is 0.212. The smallest absolute Gasteiger partial charge is 0.243 e. The van der Waals surface area contributed by atoms with Gasteiger partial charge in [0.05, 0.1) is 25.1 Å². The predicted molar refractivity (Wildman–Crippen MR) is 63.9 cm³/mol. The zero-order valence-corrected chi connectivity index (χ0v) is 9.97. The standard InChI is InChI=1S/C11H17N3O3/c1-3-17-10-5-4-8(6-13-10)14-11(15)9(12)7-16-2/h4-6,9H,3,7,12H2,1-2H3,(H,14,15). The van der Waals surface area contributed by atoms with Gasteiger partial charge >= 0.3 is 0 Å². The number of hydrogen-bond donors (Lipinski definition) is 2. The van der Waals surface area contributed by atoms with Crippen LogP contribution in [0.2, 0.25) is 0 Å². The average molecular weight is 239 g/mol. The molecular formula is C11H17N3O3. The first-order chi connectivity index (χ1) is 8.17. The van der Waals surface area contributed by atoms with Crippen LogP contribution in [0, 0.1) is 0 Å². The highest BCUT2D eigenvalue weighted by molar-refractivity contribution is 5.94. The Labute approximate surface area is 100 Å². The monoisotopic (exact) mass is 239 g/mol. The van der Waals surface area contributed by atoms with Gasteiger partial charge in [-0.05, 0) is 13.0 Å². The SMILES string of the molecule is CCOc1ccc(NC(=O)C(N)COC)cn1. The number of nitrogens with zero attached hydrogens (tertiary/aromatic N) is 1. The normalized spacial score (nSPS) is 11.9. The molecular weight excluding hydrogens is 222 g/mol. The Kier molecular flexibility index (Phi) is 5.38. The van der Waals surface area contributed by atoms with Gasteiger partial charge in [0.25, 0.3) is 0 Å². The molecule has 0 spiro atoms. The fourth-order valence-electron chi connectivity index (χ4n) is 1.18. The molecule has 1 amide bonds. The summed E-state index contributed by atoms with van der Waals surface area (Å²) in [6.07, 6.45) is 1.52. The Morgan fingerprint density at radius 1 is 1.59 bits per heavy atom. The summed E-state index contributed by atoms with van der Waals surface area (Å²) in [6, 6.07) is 2.70. The van der Waals surface area contributed by atoms with Crippen LogP contribution in [0.3, 0.4) is 0 Å². The van der Waals surface area contributed by atoms with E-state index < -0.39 is 6.04 Å². The van der Waals surface area contributed by atoms with E-state index in [4.69, 9.17) is 15.2 Å². The quantitative estimate of drug-likeness (QED) is 0.750. The molecule has 0 radical (unpaired) electrons. The first-order valence-electron chi connectivity index (χ1n) is 5.31. The average Bonchev–Trinajstić information content (AvgIpc) is 2.32. The lowest BCUT2D eigenvalue weighted by Crippen LogP contribution is -2.39. The Morgan fingerprint density at radius 3 is 2.88 bits per heavy atom. The number of pyridine rings is 1. The van der Waals surface area contributed by atoms with Gasteiger partial charge in [-0.1, -0.05) is 0 Å². The summed E-state index contributed by atoms with van der Waals surface area (Å²) < 4.78 is 9.98. The number of rotatable bonds is 6. The van der Waals surface area contributed by atoms with Crippen molar-refractivity contribution >= 4 is 11.6 Å². The molecule has 6 nitrogen and oxygen atoms in total. The predicted octanol–water partition coefficient (Wildman–Crippen LogP) is 0.392. The van der Waals surface area contributed by atoms with E-state index in [-0.39, 0.29) is 12.5 Å². The van der Waals surface area contributed by atoms with Gasteiger partial charge in [-0.15, -0.1) is 0 Å². The minimum atomic E-state index is -0.688. The molecule has 0 bridgehead atoms. The zero-order valence-electron chi connectivity index (χ0n) is 9.97. The van der Waals surface area contributed by atoms with E-state index in [9.17, 15) is 4.79 Å². The fraction of sp³-hybridized carbons (Fsp3) is 0.455. The number of carbonyl (C=O) groups excluding carboxylic acids is 1. The number of methoxy groups -OCH3 is 1. The van der Waals surface area contributed by atoms with Gasteiger partial charge in [0, 0.05) is 13.2 Å². The highest BCUT2D eigenvalue weighted by Crippen LogP contribution is 2.11. The molecule has 3 N–H and O–H groups in total. The molecule has 0 aliphatic rings. The molecule has 0 aliphatic carbocycles. The van der Waals surface area contributed by atoms with Crippen LogP contribution >= 0.6 is 0 Å².